The number of nitrogens with zero attached hydrogens (tertiary/aromatic N) is 1. The van der Waals surface area contributed by atoms with E-state index in [0.717, 1.165) is 24.6 Å². The molecule has 1 atom stereocenters. The molecule has 1 aliphatic rings. The fraction of sp³-hybridized carbons (Fsp3) is 0.588. The van der Waals surface area contributed by atoms with Crippen LogP contribution in [0.25, 0.3) is 0 Å². The van der Waals surface area contributed by atoms with Gasteiger partial charge in [-0.2, -0.15) is 0 Å². The molecular weight excluding hydrogens is 264 g/mol. The summed E-state index contributed by atoms with van der Waals surface area (Å²) in [5.74, 6) is -0.429. The minimum absolute atomic E-state index is 0.439. The number of benzene rings is 1. The molecule has 4 nitrogen and oxygen atoms in total. The number of piperidine rings is 1. The molecule has 1 fully saturated rings. The Labute approximate surface area is 127 Å². The summed E-state index contributed by atoms with van der Waals surface area (Å²) in [5, 5.41) is 12.5. The Hall–Kier alpha value is -1.39. The minimum Gasteiger partial charge on any atom is -0.481 e. The maximum atomic E-state index is 10.9. The van der Waals surface area contributed by atoms with Crippen molar-refractivity contribution >= 4 is 5.97 Å². The van der Waals surface area contributed by atoms with Gasteiger partial charge in [0.15, 0.2) is 0 Å². The van der Waals surface area contributed by atoms with Crippen molar-refractivity contribution in [2.75, 3.05) is 26.7 Å². The fourth-order valence-corrected chi connectivity index (χ4v) is 2.75. The molecule has 1 saturated heterocycles. The quantitative estimate of drug-likeness (QED) is 0.844. The van der Waals surface area contributed by atoms with Crippen molar-refractivity contribution in [2.24, 2.45) is 5.92 Å². The Morgan fingerprint density at radius 2 is 1.95 bits per heavy atom. The molecule has 1 aliphatic heterocycles. The summed E-state index contributed by atoms with van der Waals surface area (Å²) in [5.41, 5.74) is 2.07. The second-order valence-electron chi connectivity index (χ2n) is 6.18. The van der Waals surface area contributed by atoms with Crippen LogP contribution in [0.3, 0.4) is 0 Å². The SMILES string of the molecule is CC(C(=O)O)c1ccc(CNCC2CCN(C)CC2)cc1. The van der Waals surface area contributed by atoms with Gasteiger partial charge >= 0.3 is 5.97 Å². The number of hydrogen-bond acceptors (Lipinski definition) is 3. The van der Waals surface area contributed by atoms with Gasteiger partial charge in [-0.15, -0.1) is 0 Å². The summed E-state index contributed by atoms with van der Waals surface area (Å²) in [6.07, 6.45) is 2.55. The molecule has 21 heavy (non-hydrogen) atoms. The van der Waals surface area contributed by atoms with Gasteiger partial charge in [0.1, 0.15) is 0 Å². The van der Waals surface area contributed by atoms with Crippen LogP contribution in [-0.4, -0.2) is 42.7 Å². The topological polar surface area (TPSA) is 52.6 Å². The summed E-state index contributed by atoms with van der Waals surface area (Å²) in [6, 6.07) is 7.89. The number of likely N-dealkylation sites (tertiary alicyclic amines) is 1. The molecule has 0 amide bonds. The first-order chi connectivity index (χ1) is 10.1. The summed E-state index contributed by atoms with van der Waals surface area (Å²) in [6.45, 7) is 6.05. The average molecular weight is 290 g/mol. The Kier molecular flexibility index (Phi) is 5.76. The molecule has 0 saturated carbocycles. The van der Waals surface area contributed by atoms with Crippen molar-refractivity contribution in [1.29, 1.82) is 0 Å². The lowest BCUT2D eigenvalue weighted by Crippen LogP contribution is -2.34. The van der Waals surface area contributed by atoms with Crippen molar-refractivity contribution in [3.8, 4) is 0 Å². The average Bonchev–Trinajstić information content (AvgIpc) is 2.49. The van der Waals surface area contributed by atoms with E-state index in [9.17, 15) is 4.79 Å². The standard InChI is InChI=1S/C17H26N2O2/c1-13(17(20)21)16-5-3-14(4-6-16)11-18-12-15-7-9-19(2)10-8-15/h3-6,13,15,18H,7-12H2,1-2H3,(H,20,21). The highest BCUT2D eigenvalue weighted by atomic mass is 16.4. The molecule has 2 N–H and O–H groups in total. The molecule has 0 spiro atoms. The molecule has 116 valence electrons. The monoisotopic (exact) mass is 290 g/mol. The van der Waals surface area contributed by atoms with Crippen LogP contribution in [0.2, 0.25) is 0 Å². The van der Waals surface area contributed by atoms with Crippen LogP contribution in [0.5, 0.6) is 0 Å². The van der Waals surface area contributed by atoms with Gasteiger partial charge in [0, 0.05) is 6.54 Å². The van der Waals surface area contributed by atoms with Crippen LogP contribution < -0.4 is 5.32 Å². The number of carbonyl (C=O) groups is 1. The van der Waals surface area contributed by atoms with Gasteiger partial charge in [-0.1, -0.05) is 24.3 Å². The summed E-state index contributed by atoms with van der Waals surface area (Å²) < 4.78 is 0. The van der Waals surface area contributed by atoms with E-state index in [2.05, 4.69) is 17.3 Å². The first-order valence-electron chi connectivity index (χ1n) is 7.77. The fourth-order valence-electron chi connectivity index (χ4n) is 2.75. The molecule has 4 heteroatoms. The maximum absolute atomic E-state index is 10.9. The van der Waals surface area contributed by atoms with Crippen LogP contribution in [0, 0.1) is 5.92 Å². The first kappa shape index (κ1) is 16.0. The zero-order valence-electron chi connectivity index (χ0n) is 13.0. The zero-order chi connectivity index (χ0) is 15.2. The van der Waals surface area contributed by atoms with E-state index < -0.39 is 11.9 Å². The van der Waals surface area contributed by atoms with Gasteiger partial charge in [0.25, 0.3) is 0 Å². The molecule has 1 unspecified atom stereocenters. The van der Waals surface area contributed by atoms with Crippen LogP contribution >= 0.6 is 0 Å². The van der Waals surface area contributed by atoms with Crippen molar-refractivity contribution in [1.82, 2.24) is 10.2 Å². The van der Waals surface area contributed by atoms with E-state index in [1.165, 1.54) is 31.5 Å². The van der Waals surface area contributed by atoms with Crippen molar-refractivity contribution in [2.45, 2.75) is 32.2 Å². The lowest BCUT2D eigenvalue weighted by molar-refractivity contribution is -0.138. The highest BCUT2D eigenvalue weighted by molar-refractivity contribution is 5.75. The third-order valence-electron chi connectivity index (χ3n) is 4.45. The largest absolute Gasteiger partial charge is 0.481 e. The summed E-state index contributed by atoms with van der Waals surface area (Å²) in [4.78, 5) is 13.3. The second-order valence-corrected chi connectivity index (χ2v) is 6.18. The lowest BCUT2D eigenvalue weighted by atomic mass is 9.97. The van der Waals surface area contributed by atoms with E-state index in [0.29, 0.717) is 0 Å². The number of carboxylic acids is 1. The zero-order valence-corrected chi connectivity index (χ0v) is 13.0. The number of carboxylic acid groups (broad SMARTS) is 1. The van der Waals surface area contributed by atoms with Gasteiger partial charge in [-0.3, -0.25) is 4.79 Å². The van der Waals surface area contributed by atoms with Crippen LogP contribution in [0.15, 0.2) is 24.3 Å². The Bertz CT molecular complexity index is 450. The third-order valence-corrected chi connectivity index (χ3v) is 4.45. The van der Waals surface area contributed by atoms with Crippen molar-refractivity contribution in [3.05, 3.63) is 35.4 Å². The van der Waals surface area contributed by atoms with E-state index in [1.807, 2.05) is 24.3 Å². The lowest BCUT2D eigenvalue weighted by Gasteiger charge is -2.29. The van der Waals surface area contributed by atoms with Gasteiger partial charge in [0.05, 0.1) is 5.92 Å². The molecule has 0 radical (unpaired) electrons. The van der Waals surface area contributed by atoms with Crippen LogP contribution in [-0.2, 0) is 11.3 Å². The predicted octanol–water partition coefficient (Wildman–Crippen LogP) is 2.31. The van der Waals surface area contributed by atoms with Gasteiger partial charge < -0.3 is 15.3 Å². The van der Waals surface area contributed by atoms with Gasteiger partial charge in [0.2, 0.25) is 0 Å². The summed E-state index contributed by atoms with van der Waals surface area (Å²) in [7, 11) is 2.18. The molecule has 0 aromatic heterocycles. The smallest absolute Gasteiger partial charge is 0.310 e. The number of hydrogen-bond donors (Lipinski definition) is 2. The van der Waals surface area contributed by atoms with Crippen LogP contribution in [0.4, 0.5) is 0 Å². The predicted molar refractivity (Wildman–Crippen MR) is 84.4 cm³/mol. The Morgan fingerprint density at radius 1 is 1.33 bits per heavy atom. The van der Waals surface area contributed by atoms with Gasteiger partial charge in [-0.05, 0) is 63.5 Å². The molecule has 0 aliphatic carbocycles. The van der Waals surface area contributed by atoms with E-state index in [-0.39, 0.29) is 0 Å². The summed E-state index contributed by atoms with van der Waals surface area (Å²) >= 11 is 0. The van der Waals surface area contributed by atoms with E-state index in [4.69, 9.17) is 5.11 Å². The molecule has 1 aromatic rings. The Balaban J connectivity index is 1.75. The van der Waals surface area contributed by atoms with Crippen molar-refractivity contribution in [3.63, 3.8) is 0 Å². The highest BCUT2D eigenvalue weighted by Gasteiger charge is 2.16. The first-order valence-corrected chi connectivity index (χ1v) is 7.77. The maximum Gasteiger partial charge on any atom is 0.310 e. The number of aliphatic carboxylic acids is 1. The highest BCUT2D eigenvalue weighted by Crippen LogP contribution is 2.17. The second kappa shape index (κ2) is 7.57. The van der Waals surface area contributed by atoms with E-state index in [1.54, 1.807) is 6.92 Å². The van der Waals surface area contributed by atoms with Crippen LogP contribution in [0.1, 0.15) is 36.8 Å². The molecule has 1 aromatic carbocycles. The van der Waals surface area contributed by atoms with Crippen molar-refractivity contribution < 1.29 is 9.90 Å². The third kappa shape index (κ3) is 4.83. The molecule has 2 rings (SSSR count). The van der Waals surface area contributed by atoms with Gasteiger partial charge in [-0.25, -0.2) is 0 Å². The number of nitrogens with one attached hydrogen (secondary N) is 1. The van der Waals surface area contributed by atoms with E-state index >= 15 is 0 Å². The number of rotatable bonds is 6. The molecular formula is C17H26N2O2. The molecule has 1 heterocycles. The molecule has 0 bridgehead atoms. The minimum atomic E-state index is -0.775. The normalized spacial score (nSPS) is 18.6. The Morgan fingerprint density at radius 3 is 2.52 bits per heavy atom.